The monoisotopic (exact) mass is 477 g/mol. The van der Waals surface area contributed by atoms with Crippen molar-refractivity contribution in [1.82, 2.24) is 9.80 Å². The first-order valence-electron chi connectivity index (χ1n) is 12.0. The van der Waals surface area contributed by atoms with Gasteiger partial charge in [-0.1, -0.05) is 12.1 Å². The maximum atomic E-state index is 12.7. The molecule has 2 aromatic carbocycles. The number of carbonyl (C=O) groups is 2. The van der Waals surface area contributed by atoms with Crippen LogP contribution in [0.25, 0.3) is 11.1 Å². The van der Waals surface area contributed by atoms with Crippen LogP contribution in [0.2, 0.25) is 0 Å². The molecular weight excluding hydrogens is 442 g/mol. The molecule has 0 bridgehead atoms. The van der Waals surface area contributed by atoms with Crippen LogP contribution in [0.3, 0.4) is 0 Å². The molecule has 1 aliphatic rings. The maximum Gasteiger partial charge on any atom is 0.410 e. The van der Waals surface area contributed by atoms with E-state index in [-0.39, 0.29) is 12.0 Å². The van der Waals surface area contributed by atoms with Gasteiger partial charge in [0.1, 0.15) is 5.60 Å². The third-order valence-electron chi connectivity index (χ3n) is 5.86. The molecule has 2 aromatic rings. The molecular formula is C28H35N3O4. The Morgan fingerprint density at radius 1 is 1.09 bits per heavy atom. The molecule has 0 aliphatic carbocycles. The molecule has 7 heteroatoms. The fourth-order valence-electron chi connectivity index (χ4n) is 4.04. The van der Waals surface area contributed by atoms with Gasteiger partial charge in [0, 0.05) is 39.4 Å². The Morgan fingerprint density at radius 2 is 1.80 bits per heavy atom. The van der Waals surface area contributed by atoms with Gasteiger partial charge in [-0.05, 0) is 86.6 Å². The topological polar surface area (TPSA) is 82.9 Å². The van der Waals surface area contributed by atoms with Crippen molar-refractivity contribution in [2.45, 2.75) is 45.8 Å². The van der Waals surface area contributed by atoms with E-state index >= 15 is 0 Å². The molecule has 35 heavy (non-hydrogen) atoms. The van der Waals surface area contributed by atoms with Crippen LogP contribution in [-0.4, -0.2) is 61.2 Å². The van der Waals surface area contributed by atoms with Crippen molar-refractivity contribution >= 4 is 12.0 Å². The number of nitriles is 1. The van der Waals surface area contributed by atoms with Gasteiger partial charge < -0.3 is 19.3 Å². The maximum absolute atomic E-state index is 12.7. The average Bonchev–Trinajstić information content (AvgIpc) is 2.82. The molecule has 0 unspecified atom stereocenters. The highest BCUT2D eigenvalue weighted by Crippen LogP contribution is 2.25. The van der Waals surface area contributed by atoms with Gasteiger partial charge in [-0.25, -0.2) is 4.79 Å². The second-order valence-corrected chi connectivity index (χ2v) is 10.2. The third kappa shape index (κ3) is 7.56. The number of nitrogens with zero attached hydrogens (tertiary/aromatic N) is 3. The van der Waals surface area contributed by atoms with E-state index in [0.717, 1.165) is 29.5 Å². The van der Waals surface area contributed by atoms with E-state index in [0.29, 0.717) is 43.3 Å². The highest BCUT2D eigenvalue weighted by Gasteiger charge is 2.27. The van der Waals surface area contributed by atoms with Crippen LogP contribution in [0.5, 0.6) is 0 Å². The minimum atomic E-state index is -0.492. The lowest BCUT2D eigenvalue weighted by molar-refractivity contribution is 0.0105. The van der Waals surface area contributed by atoms with E-state index in [1.165, 1.54) is 0 Å². The summed E-state index contributed by atoms with van der Waals surface area (Å²) in [4.78, 5) is 28.3. The summed E-state index contributed by atoms with van der Waals surface area (Å²) in [6.07, 6.45) is 1.47. The van der Waals surface area contributed by atoms with E-state index in [9.17, 15) is 14.9 Å². The van der Waals surface area contributed by atoms with Crippen LogP contribution in [0, 0.1) is 17.2 Å². The number of rotatable bonds is 6. The van der Waals surface area contributed by atoms with Crippen LogP contribution in [0.4, 0.5) is 4.79 Å². The van der Waals surface area contributed by atoms with E-state index < -0.39 is 5.60 Å². The zero-order valence-electron chi connectivity index (χ0n) is 21.3. The molecule has 1 aliphatic heterocycles. The number of hydrogen-bond donors (Lipinski definition) is 0. The van der Waals surface area contributed by atoms with Gasteiger partial charge in [-0.15, -0.1) is 0 Å². The van der Waals surface area contributed by atoms with E-state index in [4.69, 9.17) is 9.47 Å². The van der Waals surface area contributed by atoms with Gasteiger partial charge in [-0.2, -0.15) is 5.26 Å². The van der Waals surface area contributed by atoms with Gasteiger partial charge >= 0.3 is 6.09 Å². The van der Waals surface area contributed by atoms with Crippen molar-refractivity contribution in [3.05, 3.63) is 59.2 Å². The first-order valence-corrected chi connectivity index (χ1v) is 12.0. The first kappa shape index (κ1) is 26.2. The van der Waals surface area contributed by atoms with Crippen molar-refractivity contribution in [3.8, 4) is 17.2 Å². The van der Waals surface area contributed by atoms with Crippen molar-refractivity contribution in [2.75, 3.05) is 33.8 Å². The van der Waals surface area contributed by atoms with Crippen LogP contribution >= 0.6 is 0 Å². The Kier molecular flexibility index (Phi) is 8.52. The average molecular weight is 478 g/mol. The number of piperidine rings is 1. The second kappa shape index (κ2) is 11.4. The predicted octanol–water partition coefficient (Wildman–Crippen LogP) is 5.09. The Balaban J connectivity index is 1.64. The lowest BCUT2D eigenvalue weighted by Crippen LogP contribution is -2.42. The van der Waals surface area contributed by atoms with Crippen LogP contribution in [0.15, 0.2) is 42.5 Å². The van der Waals surface area contributed by atoms with Crippen molar-refractivity contribution in [3.63, 3.8) is 0 Å². The molecule has 0 aromatic heterocycles. The Hall–Kier alpha value is -3.37. The number of benzene rings is 2. The molecule has 186 valence electrons. The van der Waals surface area contributed by atoms with Crippen LogP contribution in [0.1, 0.15) is 55.1 Å². The molecule has 1 heterocycles. The van der Waals surface area contributed by atoms with Gasteiger partial charge in [0.15, 0.2) is 0 Å². The minimum absolute atomic E-state index is 0.0842. The fourth-order valence-corrected chi connectivity index (χ4v) is 4.04. The summed E-state index contributed by atoms with van der Waals surface area (Å²) in [6.45, 7) is 7.91. The van der Waals surface area contributed by atoms with Gasteiger partial charge in [0.2, 0.25) is 0 Å². The van der Waals surface area contributed by atoms with Crippen LogP contribution in [-0.2, 0) is 16.1 Å². The molecule has 0 saturated carbocycles. The Labute approximate surface area is 208 Å². The highest BCUT2D eigenvalue weighted by atomic mass is 16.6. The third-order valence-corrected chi connectivity index (χ3v) is 5.86. The zero-order chi connectivity index (χ0) is 25.6. The summed E-state index contributed by atoms with van der Waals surface area (Å²) < 4.78 is 11.5. The number of hydrogen-bond acceptors (Lipinski definition) is 5. The summed E-state index contributed by atoms with van der Waals surface area (Å²) in [5.74, 6) is 0.283. The zero-order valence-corrected chi connectivity index (χ0v) is 21.3. The summed E-state index contributed by atoms with van der Waals surface area (Å²) in [5.41, 5.74) is 3.32. The highest BCUT2D eigenvalue weighted by molar-refractivity contribution is 5.95. The number of likely N-dealkylation sites (tertiary alicyclic amines) is 1. The van der Waals surface area contributed by atoms with Crippen molar-refractivity contribution in [1.29, 1.82) is 5.26 Å². The smallest absolute Gasteiger partial charge is 0.410 e. The van der Waals surface area contributed by atoms with Crippen LogP contribution < -0.4 is 0 Å². The number of carbonyl (C=O) groups excluding carboxylic acids is 2. The van der Waals surface area contributed by atoms with Gasteiger partial charge in [0.25, 0.3) is 5.91 Å². The van der Waals surface area contributed by atoms with Crippen molar-refractivity contribution in [2.24, 2.45) is 5.92 Å². The molecule has 0 spiro atoms. The minimum Gasteiger partial charge on any atom is -0.444 e. The normalized spacial score (nSPS) is 14.3. The standard InChI is InChI=1S/C28H35N3O4/c1-28(2,3)35-27(33)31-11-9-20(10-12-31)18-34-19-22-14-24(16-25(15-22)26(32)30(4)5)23-8-6-7-21(13-23)17-29/h6-8,13-16,20H,9-12,18-19H2,1-5H3. The molecule has 2 amide bonds. The summed E-state index contributed by atoms with van der Waals surface area (Å²) in [6, 6.07) is 15.3. The molecule has 0 radical (unpaired) electrons. The van der Waals surface area contributed by atoms with Gasteiger partial charge in [0.05, 0.1) is 18.2 Å². The Bertz CT molecular complexity index is 1090. The van der Waals surface area contributed by atoms with E-state index in [1.54, 1.807) is 30.0 Å². The summed E-state index contributed by atoms with van der Waals surface area (Å²) >= 11 is 0. The largest absolute Gasteiger partial charge is 0.444 e. The summed E-state index contributed by atoms with van der Waals surface area (Å²) in [5, 5.41) is 9.26. The summed E-state index contributed by atoms with van der Waals surface area (Å²) in [7, 11) is 3.45. The molecule has 1 fully saturated rings. The van der Waals surface area contributed by atoms with E-state index in [2.05, 4.69) is 6.07 Å². The molecule has 3 rings (SSSR count). The quantitative estimate of drug-likeness (QED) is 0.579. The molecule has 7 nitrogen and oxygen atoms in total. The molecule has 0 N–H and O–H groups in total. The first-order chi connectivity index (χ1) is 16.6. The van der Waals surface area contributed by atoms with Gasteiger partial charge in [-0.3, -0.25) is 4.79 Å². The number of ether oxygens (including phenoxy) is 2. The molecule has 0 atom stereocenters. The van der Waals surface area contributed by atoms with Crippen molar-refractivity contribution < 1.29 is 19.1 Å². The lowest BCUT2D eigenvalue weighted by atomic mass is 9.97. The predicted molar refractivity (Wildman–Crippen MR) is 135 cm³/mol. The molecule has 1 saturated heterocycles. The Morgan fingerprint density at radius 3 is 2.43 bits per heavy atom. The number of amides is 2. The van der Waals surface area contributed by atoms with E-state index in [1.807, 2.05) is 57.2 Å². The SMILES string of the molecule is CN(C)C(=O)c1cc(COCC2CCN(C(=O)OC(C)(C)C)CC2)cc(-c2cccc(C#N)c2)c1. The second-order valence-electron chi connectivity index (χ2n) is 10.2. The lowest BCUT2D eigenvalue weighted by Gasteiger charge is -2.33. The fraction of sp³-hybridized carbons (Fsp3) is 0.464.